The van der Waals surface area contributed by atoms with Gasteiger partial charge in [0.1, 0.15) is 0 Å². The molecular formula is C15H19NO. The third-order valence-corrected chi connectivity index (χ3v) is 3.01. The van der Waals surface area contributed by atoms with Crippen LogP contribution < -0.4 is 5.32 Å². The zero-order chi connectivity index (χ0) is 12.5. The van der Waals surface area contributed by atoms with Crippen LogP contribution in [0.2, 0.25) is 0 Å². The normalized spacial score (nSPS) is 18.8. The summed E-state index contributed by atoms with van der Waals surface area (Å²) in [5, 5.41) is 3.33. The third kappa shape index (κ3) is 3.19. The van der Waals surface area contributed by atoms with Crippen LogP contribution in [0.25, 0.3) is 0 Å². The van der Waals surface area contributed by atoms with E-state index in [9.17, 15) is 4.79 Å². The van der Waals surface area contributed by atoms with E-state index in [1.165, 1.54) is 5.56 Å². The Balaban J connectivity index is 2.13. The molecule has 17 heavy (non-hydrogen) atoms. The second-order valence-corrected chi connectivity index (χ2v) is 5.64. The monoisotopic (exact) mass is 229 g/mol. The highest BCUT2D eigenvalue weighted by atomic mass is 16.1. The van der Waals surface area contributed by atoms with Crippen LogP contribution in [0.5, 0.6) is 0 Å². The van der Waals surface area contributed by atoms with Crippen molar-refractivity contribution < 1.29 is 4.79 Å². The van der Waals surface area contributed by atoms with Gasteiger partial charge in [0.25, 0.3) is 0 Å². The summed E-state index contributed by atoms with van der Waals surface area (Å²) >= 11 is 0. The molecule has 1 aliphatic carbocycles. The van der Waals surface area contributed by atoms with Crippen LogP contribution in [0.15, 0.2) is 36.0 Å². The van der Waals surface area contributed by atoms with Gasteiger partial charge in [-0.3, -0.25) is 4.79 Å². The Kier molecular flexibility index (Phi) is 3.05. The Morgan fingerprint density at radius 3 is 2.35 bits per heavy atom. The summed E-state index contributed by atoms with van der Waals surface area (Å²) < 4.78 is 0. The minimum Gasteiger partial charge on any atom is -0.359 e. The number of allylic oxidation sites excluding steroid dienone is 2. The van der Waals surface area contributed by atoms with E-state index in [0.717, 1.165) is 17.8 Å². The molecular weight excluding hydrogens is 210 g/mol. The Labute approximate surface area is 103 Å². The van der Waals surface area contributed by atoms with Crippen molar-refractivity contribution in [2.75, 3.05) is 5.32 Å². The first-order chi connectivity index (χ1) is 7.94. The van der Waals surface area contributed by atoms with Gasteiger partial charge in [-0.1, -0.05) is 31.5 Å². The number of anilines is 1. The van der Waals surface area contributed by atoms with E-state index in [1.54, 1.807) is 6.08 Å². The largest absolute Gasteiger partial charge is 0.359 e. The molecule has 0 saturated heterocycles. The standard InChI is InChI=1S/C15H19NO/c1-11-4-6-12(7-5-11)16-13-8-14(17)10-15(2,3)9-13/h4-8,16H,9-10H2,1-3H3. The lowest BCUT2D eigenvalue weighted by molar-refractivity contribution is -0.117. The summed E-state index contributed by atoms with van der Waals surface area (Å²) in [6, 6.07) is 8.22. The summed E-state index contributed by atoms with van der Waals surface area (Å²) in [6.07, 6.45) is 3.31. The number of ketones is 1. The number of carbonyl (C=O) groups is 1. The summed E-state index contributed by atoms with van der Waals surface area (Å²) in [4.78, 5) is 11.6. The number of benzene rings is 1. The van der Waals surface area contributed by atoms with E-state index in [-0.39, 0.29) is 11.2 Å². The second-order valence-electron chi connectivity index (χ2n) is 5.64. The van der Waals surface area contributed by atoms with Crippen molar-refractivity contribution in [2.45, 2.75) is 33.6 Å². The Hall–Kier alpha value is -1.57. The maximum atomic E-state index is 11.6. The van der Waals surface area contributed by atoms with E-state index in [1.807, 2.05) is 12.1 Å². The van der Waals surface area contributed by atoms with Crippen molar-refractivity contribution in [3.8, 4) is 0 Å². The van der Waals surface area contributed by atoms with Gasteiger partial charge >= 0.3 is 0 Å². The fourth-order valence-corrected chi connectivity index (χ4v) is 2.25. The van der Waals surface area contributed by atoms with Crippen molar-refractivity contribution in [2.24, 2.45) is 5.41 Å². The lowest BCUT2D eigenvalue weighted by Crippen LogP contribution is -2.24. The van der Waals surface area contributed by atoms with Crippen LogP contribution in [0.4, 0.5) is 5.69 Å². The van der Waals surface area contributed by atoms with E-state index in [4.69, 9.17) is 0 Å². The molecule has 2 heteroatoms. The molecule has 2 rings (SSSR count). The minimum absolute atomic E-state index is 0.0683. The topological polar surface area (TPSA) is 29.1 Å². The fraction of sp³-hybridized carbons (Fsp3) is 0.400. The maximum Gasteiger partial charge on any atom is 0.157 e. The van der Waals surface area contributed by atoms with Crippen LogP contribution in [-0.4, -0.2) is 5.78 Å². The maximum absolute atomic E-state index is 11.6. The molecule has 0 heterocycles. The summed E-state index contributed by atoms with van der Waals surface area (Å²) in [5.74, 6) is 0.218. The molecule has 1 aromatic carbocycles. The van der Waals surface area contributed by atoms with Gasteiger partial charge in [-0.2, -0.15) is 0 Å². The molecule has 1 aromatic rings. The summed E-state index contributed by atoms with van der Waals surface area (Å²) in [6.45, 7) is 6.33. The van der Waals surface area contributed by atoms with Gasteiger partial charge in [0.15, 0.2) is 5.78 Å². The van der Waals surface area contributed by atoms with Crippen LogP contribution in [0.1, 0.15) is 32.3 Å². The van der Waals surface area contributed by atoms with Crippen LogP contribution in [0, 0.1) is 12.3 Å². The summed E-state index contributed by atoms with van der Waals surface area (Å²) in [5.41, 5.74) is 3.38. The third-order valence-electron chi connectivity index (χ3n) is 3.01. The highest BCUT2D eigenvalue weighted by Crippen LogP contribution is 2.33. The molecule has 0 unspecified atom stereocenters. The van der Waals surface area contributed by atoms with Gasteiger partial charge in [-0.05, 0) is 30.9 Å². The number of aryl methyl sites for hydroxylation is 1. The first-order valence-corrected chi connectivity index (χ1v) is 6.02. The molecule has 0 amide bonds. The SMILES string of the molecule is Cc1ccc(NC2=CC(=O)CC(C)(C)C2)cc1. The number of carbonyl (C=O) groups excluding carboxylic acids is 1. The Bertz CT molecular complexity index is 454. The van der Waals surface area contributed by atoms with Crippen molar-refractivity contribution in [1.29, 1.82) is 0 Å². The Morgan fingerprint density at radius 2 is 1.76 bits per heavy atom. The molecule has 0 atom stereocenters. The average Bonchev–Trinajstić information content (AvgIpc) is 2.18. The first-order valence-electron chi connectivity index (χ1n) is 6.02. The number of hydrogen-bond donors (Lipinski definition) is 1. The highest BCUT2D eigenvalue weighted by Gasteiger charge is 2.27. The minimum atomic E-state index is 0.0683. The average molecular weight is 229 g/mol. The predicted molar refractivity (Wildman–Crippen MR) is 70.9 cm³/mol. The molecule has 0 fully saturated rings. The molecule has 0 spiro atoms. The van der Waals surface area contributed by atoms with Gasteiger partial charge in [-0.15, -0.1) is 0 Å². The lowest BCUT2D eigenvalue weighted by Gasteiger charge is -2.29. The number of hydrogen-bond acceptors (Lipinski definition) is 2. The van der Waals surface area contributed by atoms with Crippen molar-refractivity contribution in [3.63, 3.8) is 0 Å². The van der Waals surface area contributed by atoms with E-state index < -0.39 is 0 Å². The predicted octanol–water partition coefficient (Wildman–Crippen LogP) is 3.68. The zero-order valence-corrected chi connectivity index (χ0v) is 10.7. The van der Waals surface area contributed by atoms with Gasteiger partial charge in [0, 0.05) is 23.9 Å². The van der Waals surface area contributed by atoms with Crippen molar-refractivity contribution >= 4 is 11.5 Å². The Morgan fingerprint density at radius 1 is 1.12 bits per heavy atom. The van der Waals surface area contributed by atoms with Crippen LogP contribution in [-0.2, 0) is 4.79 Å². The molecule has 0 saturated carbocycles. The second kappa shape index (κ2) is 4.36. The zero-order valence-electron chi connectivity index (χ0n) is 10.7. The number of nitrogens with one attached hydrogen (secondary N) is 1. The van der Waals surface area contributed by atoms with Gasteiger partial charge < -0.3 is 5.32 Å². The molecule has 1 N–H and O–H groups in total. The quantitative estimate of drug-likeness (QED) is 0.838. The molecule has 1 aliphatic rings. The van der Waals surface area contributed by atoms with Crippen molar-refractivity contribution in [3.05, 3.63) is 41.6 Å². The van der Waals surface area contributed by atoms with E-state index in [0.29, 0.717) is 6.42 Å². The van der Waals surface area contributed by atoms with Crippen LogP contribution in [0.3, 0.4) is 0 Å². The smallest absolute Gasteiger partial charge is 0.157 e. The van der Waals surface area contributed by atoms with E-state index in [2.05, 4.69) is 38.2 Å². The lowest BCUT2D eigenvalue weighted by atomic mass is 9.79. The van der Waals surface area contributed by atoms with Gasteiger partial charge in [0.05, 0.1) is 0 Å². The van der Waals surface area contributed by atoms with E-state index >= 15 is 0 Å². The first kappa shape index (κ1) is 11.9. The van der Waals surface area contributed by atoms with Crippen LogP contribution >= 0.6 is 0 Å². The van der Waals surface area contributed by atoms with Crippen molar-refractivity contribution in [1.82, 2.24) is 0 Å². The molecule has 0 aromatic heterocycles. The number of rotatable bonds is 2. The van der Waals surface area contributed by atoms with Gasteiger partial charge in [-0.25, -0.2) is 0 Å². The molecule has 0 aliphatic heterocycles. The van der Waals surface area contributed by atoms with Gasteiger partial charge in [0.2, 0.25) is 0 Å². The molecule has 0 radical (unpaired) electrons. The summed E-state index contributed by atoms with van der Waals surface area (Å²) in [7, 11) is 0. The fourth-order valence-electron chi connectivity index (χ4n) is 2.25. The molecule has 0 bridgehead atoms. The molecule has 2 nitrogen and oxygen atoms in total. The highest BCUT2D eigenvalue weighted by molar-refractivity contribution is 5.92. The molecule has 90 valence electrons.